The molecule has 0 radical (unpaired) electrons. The van der Waals surface area contributed by atoms with Gasteiger partial charge in [0, 0.05) is 34.4 Å². The Morgan fingerprint density at radius 1 is 1.06 bits per heavy atom. The number of hydrogen-bond donors (Lipinski definition) is 3. The predicted molar refractivity (Wildman–Crippen MR) is 135 cm³/mol. The monoisotopic (exact) mass is 466 g/mol. The molecule has 3 N–H and O–H groups in total. The van der Waals surface area contributed by atoms with E-state index in [4.69, 9.17) is 0 Å². The van der Waals surface area contributed by atoms with E-state index in [0.717, 1.165) is 40.6 Å². The van der Waals surface area contributed by atoms with Gasteiger partial charge in [0.2, 0.25) is 11.8 Å². The molecule has 5 rings (SSSR count). The average molecular weight is 467 g/mol. The molecule has 34 heavy (non-hydrogen) atoms. The first-order chi connectivity index (χ1) is 16.6. The largest absolute Gasteiger partial charge is 0.361 e. The average Bonchev–Trinajstić information content (AvgIpc) is 3.46. The second-order valence-corrected chi connectivity index (χ2v) is 9.37. The van der Waals surface area contributed by atoms with E-state index in [0.29, 0.717) is 22.2 Å². The number of aromatic nitrogens is 1. The van der Waals surface area contributed by atoms with Crippen LogP contribution in [0.2, 0.25) is 0 Å². The number of nitrogens with zero attached hydrogens (tertiary/aromatic N) is 1. The van der Waals surface area contributed by atoms with Gasteiger partial charge in [-0.3, -0.25) is 9.59 Å². The van der Waals surface area contributed by atoms with Gasteiger partial charge in [0.25, 0.3) is 0 Å². The Hall–Kier alpha value is -4.15. The zero-order valence-electron chi connectivity index (χ0n) is 18.3. The van der Waals surface area contributed by atoms with E-state index in [2.05, 4.69) is 33.8 Å². The summed E-state index contributed by atoms with van der Waals surface area (Å²) in [5, 5.41) is 16.9. The third-order valence-corrected chi connectivity index (χ3v) is 7.26. The fourth-order valence-corrected chi connectivity index (χ4v) is 5.70. The summed E-state index contributed by atoms with van der Waals surface area (Å²) in [7, 11) is 0. The molecule has 2 aromatic heterocycles. The number of aromatic amines is 1. The third-order valence-electron chi connectivity index (χ3n) is 6.09. The molecule has 168 valence electrons. The number of nitrogens with one attached hydrogen (secondary N) is 3. The molecule has 1 aliphatic carbocycles. The smallest absolute Gasteiger partial charge is 0.249 e. The lowest BCUT2D eigenvalue weighted by Gasteiger charge is -2.22. The molecule has 2 aromatic carbocycles. The number of rotatable bonds is 5. The van der Waals surface area contributed by atoms with Crippen molar-refractivity contribution in [1.29, 1.82) is 5.26 Å². The van der Waals surface area contributed by atoms with Crippen molar-refractivity contribution in [1.82, 2.24) is 4.98 Å². The van der Waals surface area contributed by atoms with Gasteiger partial charge >= 0.3 is 0 Å². The summed E-state index contributed by atoms with van der Waals surface area (Å²) >= 11 is 1.46. The van der Waals surface area contributed by atoms with E-state index in [1.807, 2.05) is 42.6 Å². The quantitative estimate of drug-likeness (QED) is 0.338. The molecule has 6 nitrogen and oxygen atoms in total. The van der Waals surface area contributed by atoms with Crippen molar-refractivity contribution in [3.63, 3.8) is 0 Å². The number of anilines is 2. The van der Waals surface area contributed by atoms with Gasteiger partial charge in [-0.1, -0.05) is 36.4 Å². The molecule has 0 saturated heterocycles. The Morgan fingerprint density at radius 3 is 2.65 bits per heavy atom. The van der Waals surface area contributed by atoms with Crippen LogP contribution >= 0.6 is 11.3 Å². The molecule has 1 aliphatic rings. The van der Waals surface area contributed by atoms with Gasteiger partial charge in [-0.2, -0.15) is 5.26 Å². The number of amides is 2. The first-order valence-electron chi connectivity index (χ1n) is 11.1. The van der Waals surface area contributed by atoms with Crippen molar-refractivity contribution in [3.8, 4) is 6.07 Å². The highest BCUT2D eigenvalue weighted by molar-refractivity contribution is 7.16. The lowest BCUT2D eigenvalue weighted by Crippen LogP contribution is -2.12. The van der Waals surface area contributed by atoms with Crippen LogP contribution in [0.25, 0.3) is 10.9 Å². The molecule has 0 unspecified atom stereocenters. The van der Waals surface area contributed by atoms with E-state index in [1.165, 1.54) is 29.1 Å². The van der Waals surface area contributed by atoms with Crippen LogP contribution in [0.15, 0.2) is 72.9 Å². The number of thiophene rings is 1. The van der Waals surface area contributed by atoms with E-state index in [1.54, 1.807) is 6.07 Å². The van der Waals surface area contributed by atoms with Gasteiger partial charge in [-0.05, 0) is 59.9 Å². The fraction of sp³-hybridized carbons (Fsp3) is 0.148. The van der Waals surface area contributed by atoms with E-state index < -0.39 is 11.8 Å². The summed E-state index contributed by atoms with van der Waals surface area (Å²) in [6, 6.07) is 20.1. The SMILES string of the molecule is N#Cc1c(NC(=O)/C=C/C(=O)Nc2ccc3cc[nH]c3c2)sc2c1CC[C@H](c1ccccc1)C2. The maximum Gasteiger partial charge on any atom is 0.249 e. The van der Waals surface area contributed by atoms with Crippen molar-refractivity contribution in [2.75, 3.05) is 10.6 Å². The van der Waals surface area contributed by atoms with Gasteiger partial charge in [-0.25, -0.2) is 0 Å². The Labute approximate surface area is 200 Å². The second-order valence-electron chi connectivity index (χ2n) is 8.26. The third kappa shape index (κ3) is 4.49. The zero-order chi connectivity index (χ0) is 23.5. The van der Waals surface area contributed by atoms with Gasteiger partial charge in [0.15, 0.2) is 0 Å². The van der Waals surface area contributed by atoms with Crippen LogP contribution in [0, 0.1) is 11.3 Å². The molecule has 0 aliphatic heterocycles. The maximum atomic E-state index is 12.5. The number of benzene rings is 2. The highest BCUT2D eigenvalue weighted by atomic mass is 32.1. The normalized spacial score (nSPS) is 15.1. The molecule has 0 fully saturated rings. The molecular weight excluding hydrogens is 444 g/mol. The summed E-state index contributed by atoms with van der Waals surface area (Å²) in [5.74, 6) is -0.432. The molecule has 0 spiro atoms. The minimum Gasteiger partial charge on any atom is -0.361 e. The maximum absolute atomic E-state index is 12.5. The molecular formula is C27H22N4O2S. The van der Waals surface area contributed by atoms with E-state index >= 15 is 0 Å². The number of hydrogen-bond acceptors (Lipinski definition) is 4. The van der Waals surface area contributed by atoms with Crippen molar-refractivity contribution in [3.05, 3.63) is 94.5 Å². The van der Waals surface area contributed by atoms with Gasteiger partial charge in [-0.15, -0.1) is 11.3 Å². The number of carbonyl (C=O) groups is 2. The molecule has 0 bridgehead atoms. The fourth-order valence-electron chi connectivity index (χ4n) is 4.42. The van der Waals surface area contributed by atoms with E-state index in [9.17, 15) is 14.9 Å². The Morgan fingerprint density at radius 2 is 1.85 bits per heavy atom. The van der Waals surface area contributed by atoms with Crippen LogP contribution in [0.3, 0.4) is 0 Å². The molecule has 2 amide bonds. The van der Waals surface area contributed by atoms with Crippen LogP contribution in [0.5, 0.6) is 0 Å². The minimum absolute atomic E-state index is 0.405. The molecule has 7 heteroatoms. The van der Waals surface area contributed by atoms with Crippen LogP contribution in [0.1, 0.15) is 33.9 Å². The topological polar surface area (TPSA) is 97.8 Å². The Bertz CT molecular complexity index is 1440. The summed E-state index contributed by atoms with van der Waals surface area (Å²) in [6.45, 7) is 0. The van der Waals surface area contributed by atoms with Crippen molar-refractivity contribution in [2.24, 2.45) is 0 Å². The minimum atomic E-state index is -0.440. The summed E-state index contributed by atoms with van der Waals surface area (Å²) in [4.78, 5) is 29.0. The molecule has 4 aromatic rings. The number of nitriles is 1. The van der Waals surface area contributed by atoms with Crippen molar-refractivity contribution < 1.29 is 9.59 Å². The van der Waals surface area contributed by atoms with Gasteiger partial charge in [0.05, 0.1) is 5.56 Å². The standard InChI is InChI=1S/C27H22N4O2S/c28-16-22-21-9-7-19(17-4-2-1-3-5-17)14-24(21)34-27(22)31-26(33)11-10-25(32)30-20-8-6-18-12-13-29-23(18)15-20/h1-6,8,10-13,15,19,29H,7,9,14H2,(H,30,32)(H,31,33)/b11-10+/t19-/m0/s1. The van der Waals surface area contributed by atoms with Crippen LogP contribution in [0.4, 0.5) is 10.7 Å². The first kappa shape index (κ1) is 21.7. The first-order valence-corrected chi connectivity index (χ1v) is 11.9. The van der Waals surface area contributed by atoms with Crippen molar-refractivity contribution in [2.45, 2.75) is 25.2 Å². The van der Waals surface area contributed by atoms with Gasteiger partial charge < -0.3 is 15.6 Å². The number of fused-ring (bicyclic) bond motifs is 2. The lowest BCUT2D eigenvalue weighted by molar-refractivity contribution is -0.114. The van der Waals surface area contributed by atoms with Gasteiger partial charge in [0.1, 0.15) is 11.1 Å². The van der Waals surface area contributed by atoms with Crippen LogP contribution in [-0.4, -0.2) is 16.8 Å². The lowest BCUT2D eigenvalue weighted by atomic mass is 9.83. The highest BCUT2D eigenvalue weighted by Crippen LogP contribution is 2.42. The van der Waals surface area contributed by atoms with Crippen LogP contribution in [-0.2, 0) is 22.4 Å². The number of H-pyrrole nitrogens is 1. The second kappa shape index (κ2) is 9.38. The molecule has 2 heterocycles. The highest BCUT2D eigenvalue weighted by Gasteiger charge is 2.27. The number of carbonyl (C=O) groups excluding carboxylic acids is 2. The summed E-state index contributed by atoms with van der Waals surface area (Å²) < 4.78 is 0. The van der Waals surface area contributed by atoms with E-state index in [-0.39, 0.29) is 0 Å². The van der Waals surface area contributed by atoms with Crippen molar-refractivity contribution >= 4 is 44.7 Å². The zero-order valence-corrected chi connectivity index (χ0v) is 19.1. The van der Waals surface area contributed by atoms with Crippen LogP contribution < -0.4 is 10.6 Å². The predicted octanol–water partition coefficient (Wildman–Crippen LogP) is 5.51. The summed E-state index contributed by atoms with van der Waals surface area (Å²) in [5.41, 5.74) is 4.43. The molecule has 1 atom stereocenters. The summed E-state index contributed by atoms with van der Waals surface area (Å²) in [6.07, 6.45) is 6.87. The molecule has 0 saturated carbocycles. The Balaban J connectivity index is 1.24. The Kier molecular flexibility index (Phi) is 5.98.